The molecule has 0 saturated carbocycles. The molecule has 2 N–H and O–H groups in total. The second-order valence-electron chi connectivity index (χ2n) is 9.42. The van der Waals surface area contributed by atoms with E-state index in [4.69, 9.17) is 16.3 Å². The molecule has 4 aromatic carbocycles. The fourth-order valence-electron chi connectivity index (χ4n) is 4.18. The summed E-state index contributed by atoms with van der Waals surface area (Å²) in [6.07, 6.45) is 0.191. The number of ether oxygens (including phenoxy) is 1. The van der Waals surface area contributed by atoms with E-state index in [1.54, 1.807) is 60.7 Å². The highest BCUT2D eigenvalue weighted by Crippen LogP contribution is 2.23. The van der Waals surface area contributed by atoms with Crippen LogP contribution in [0.5, 0.6) is 0 Å². The lowest BCUT2D eigenvalue weighted by molar-refractivity contribution is -0.146. The van der Waals surface area contributed by atoms with E-state index in [-0.39, 0.29) is 18.9 Å². The van der Waals surface area contributed by atoms with Gasteiger partial charge in [-0.25, -0.2) is 17.2 Å². The van der Waals surface area contributed by atoms with Crippen molar-refractivity contribution < 1.29 is 31.5 Å². The predicted octanol–water partition coefficient (Wildman–Crippen LogP) is 5.09. The Morgan fingerprint density at radius 2 is 1.33 bits per heavy atom. The molecule has 0 aliphatic carbocycles. The molecule has 2 atom stereocenters. The van der Waals surface area contributed by atoms with Crippen LogP contribution in [-0.4, -0.2) is 39.0 Å². The van der Waals surface area contributed by atoms with Crippen LogP contribution in [0.2, 0.25) is 5.02 Å². The zero-order valence-corrected chi connectivity index (χ0v) is 23.7. The van der Waals surface area contributed by atoms with Gasteiger partial charge in [0.1, 0.15) is 29.2 Å². The van der Waals surface area contributed by atoms with Crippen LogP contribution in [0.25, 0.3) is 0 Å². The lowest BCUT2D eigenvalue weighted by Gasteiger charge is -2.22. The molecule has 42 heavy (non-hydrogen) atoms. The first kappa shape index (κ1) is 30.8. The molecule has 11 heteroatoms. The van der Waals surface area contributed by atoms with Gasteiger partial charge in [0.15, 0.2) is 0 Å². The van der Waals surface area contributed by atoms with Crippen molar-refractivity contribution in [3.8, 4) is 0 Å². The summed E-state index contributed by atoms with van der Waals surface area (Å²) in [6, 6.07) is 25.1. The zero-order chi connectivity index (χ0) is 30.1. The van der Waals surface area contributed by atoms with Crippen molar-refractivity contribution in [1.29, 1.82) is 0 Å². The Bertz CT molecular complexity index is 1630. The first-order valence-electron chi connectivity index (χ1n) is 12.9. The maximum absolute atomic E-state index is 14.5. The van der Waals surface area contributed by atoms with Gasteiger partial charge in [-0.1, -0.05) is 90.5 Å². The van der Waals surface area contributed by atoms with Crippen LogP contribution in [0.3, 0.4) is 0 Å². The van der Waals surface area contributed by atoms with E-state index in [1.165, 1.54) is 0 Å². The smallest absolute Gasteiger partial charge is 0.324 e. The normalized spacial score (nSPS) is 12.7. The van der Waals surface area contributed by atoms with E-state index >= 15 is 0 Å². The van der Waals surface area contributed by atoms with E-state index in [0.717, 1.165) is 5.56 Å². The Labute approximate surface area is 247 Å². The molecular formula is C31H27ClF2N2O5S. The fraction of sp³-hybridized carbons (Fsp3) is 0.161. The van der Waals surface area contributed by atoms with Crippen LogP contribution in [0, 0.1) is 11.6 Å². The molecule has 0 aliphatic rings. The highest BCUT2D eigenvalue weighted by molar-refractivity contribution is 7.89. The average Bonchev–Trinajstić information content (AvgIpc) is 2.98. The van der Waals surface area contributed by atoms with Crippen LogP contribution < -0.4 is 10.0 Å². The number of hydrogen-bond acceptors (Lipinski definition) is 5. The highest BCUT2D eigenvalue weighted by Gasteiger charge is 2.30. The standard InChI is InChI=1S/C31H27ClF2N2O5S/c32-25-18-29(27(34)19-26(25)33)42(39,40)36-28(17-22-12-6-2-7-13-22)31(38)41-20-24(16-21-10-4-1-5-11-21)35-30(37)23-14-8-3-9-15-23/h1-15,18-19,24,28,36H,16-17,20H2,(H,35,37)/t24-,28+/m0/s1. The monoisotopic (exact) mass is 612 g/mol. The summed E-state index contributed by atoms with van der Waals surface area (Å²) >= 11 is 5.70. The molecular weight excluding hydrogens is 586 g/mol. The number of amides is 1. The van der Waals surface area contributed by atoms with Gasteiger partial charge in [-0.2, -0.15) is 4.72 Å². The number of rotatable bonds is 12. The fourth-order valence-corrected chi connectivity index (χ4v) is 5.67. The van der Waals surface area contributed by atoms with Crippen LogP contribution in [-0.2, 0) is 32.4 Å². The van der Waals surface area contributed by atoms with E-state index in [9.17, 15) is 26.8 Å². The summed E-state index contributed by atoms with van der Waals surface area (Å²) in [6.45, 7) is -0.282. The van der Waals surface area contributed by atoms with Gasteiger partial charge in [-0.15, -0.1) is 0 Å². The van der Waals surface area contributed by atoms with Gasteiger partial charge in [0, 0.05) is 11.6 Å². The van der Waals surface area contributed by atoms with Crippen molar-refractivity contribution >= 4 is 33.5 Å². The Morgan fingerprint density at radius 1 is 0.786 bits per heavy atom. The van der Waals surface area contributed by atoms with Crippen molar-refractivity contribution in [2.75, 3.05) is 6.61 Å². The molecule has 0 bridgehead atoms. The summed E-state index contributed by atoms with van der Waals surface area (Å²) in [7, 11) is -4.68. The molecule has 4 aromatic rings. The maximum atomic E-state index is 14.5. The number of carbonyl (C=O) groups is 2. The quantitative estimate of drug-likeness (QED) is 0.171. The number of esters is 1. The number of nitrogens with one attached hydrogen (secondary N) is 2. The Kier molecular flexibility index (Phi) is 10.4. The third-order valence-corrected chi connectivity index (χ3v) is 8.03. The molecule has 1 amide bonds. The van der Waals surface area contributed by atoms with Crippen molar-refractivity contribution in [3.63, 3.8) is 0 Å². The Morgan fingerprint density at radius 3 is 1.93 bits per heavy atom. The lowest BCUT2D eigenvalue weighted by atomic mass is 10.1. The summed E-state index contributed by atoms with van der Waals surface area (Å²) in [5.41, 5.74) is 1.88. The lowest BCUT2D eigenvalue weighted by Crippen LogP contribution is -2.46. The molecule has 0 unspecified atom stereocenters. The van der Waals surface area contributed by atoms with Crippen molar-refractivity contribution in [2.24, 2.45) is 0 Å². The summed E-state index contributed by atoms with van der Waals surface area (Å²) in [5.74, 6) is -3.83. The number of benzene rings is 4. The second-order valence-corrected chi connectivity index (χ2v) is 11.5. The largest absolute Gasteiger partial charge is 0.462 e. The minimum absolute atomic E-state index is 0.130. The SMILES string of the molecule is O=C(N[C@H](COC(=O)[C@@H](Cc1ccccc1)NS(=O)(=O)c1cc(Cl)c(F)cc1F)Cc1ccccc1)c1ccccc1. The molecule has 0 radical (unpaired) electrons. The molecule has 0 saturated heterocycles. The number of halogens is 3. The zero-order valence-electron chi connectivity index (χ0n) is 22.2. The molecule has 7 nitrogen and oxygen atoms in total. The van der Waals surface area contributed by atoms with Gasteiger partial charge in [0.25, 0.3) is 5.91 Å². The molecule has 4 rings (SSSR count). The first-order chi connectivity index (χ1) is 20.1. The minimum Gasteiger partial charge on any atom is -0.462 e. The predicted molar refractivity (Wildman–Crippen MR) is 154 cm³/mol. The van der Waals surface area contributed by atoms with Gasteiger partial charge < -0.3 is 10.1 Å². The van der Waals surface area contributed by atoms with Gasteiger partial charge in [0.2, 0.25) is 10.0 Å². The number of hydrogen-bond donors (Lipinski definition) is 2. The van der Waals surface area contributed by atoms with Crippen molar-refractivity contribution in [1.82, 2.24) is 10.0 Å². The van der Waals surface area contributed by atoms with E-state index in [0.29, 0.717) is 29.7 Å². The van der Waals surface area contributed by atoms with E-state index < -0.39 is 49.6 Å². The van der Waals surface area contributed by atoms with E-state index in [1.807, 2.05) is 30.3 Å². The number of sulfonamides is 1. The molecule has 0 fully saturated rings. The highest BCUT2D eigenvalue weighted by atomic mass is 35.5. The van der Waals surface area contributed by atoms with Gasteiger partial charge in [0.05, 0.1) is 11.1 Å². The molecule has 0 spiro atoms. The van der Waals surface area contributed by atoms with Crippen LogP contribution in [0.15, 0.2) is 108 Å². The van der Waals surface area contributed by atoms with E-state index in [2.05, 4.69) is 10.0 Å². The minimum atomic E-state index is -4.68. The van der Waals surface area contributed by atoms with Gasteiger partial charge in [-0.05, 0) is 42.2 Å². The second kappa shape index (κ2) is 14.2. The van der Waals surface area contributed by atoms with Gasteiger partial charge >= 0.3 is 5.97 Å². The third-order valence-electron chi connectivity index (χ3n) is 6.25. The molecule has 0 aliphatic heterocycles. The Hall–Kier alpha value is -4.12. The summed E-state index contributed by atoms with van der Waals surface area (Å²) in [4.78, 5) is 25.3. The van der Waals surface area contributed by atoms with Crippen molar-refractivity contribution in [2.45, 2.75) is 29.8 Å². The summed E-state index contributed by atoms with van der Waals surface area (Å²) in [5, 5.41) is 2.26. The van der Waals surface area contributed by atoms with Crippen molar-refractivity contribution in [3.05, 3.63) is 136 Å². The maximum Gasteiger partial charge on any atom is 0.324 e. The molecule has 0 heterocycles. The topological polar surface area (TPSA) is 102 Å². The summed E-state index contributed by atoms with van der Waals surface area (Å²) < 4.78 is 62.0. The average molecular weight is 613 g/mol. The first-order valence-corrected chi connectivity index (χ1v) is 14.8. The van der Waals surface area contributed by atoms with Crippen LogP contribution in [0.4, 0.5) is 8.78 Å². The molecule has 0 aromatic heterocycles. The molecule has 218 valence electrons. The van der Waals surface area contributed by atoms with Gasteiger partial charge in [-0.3, -0.25) is 9.59 Å². The van der Waals surface area contributed by atoms with Crippen LogP contribution in [0.1, 0.15) is 21.5 Å². The third kappa shape index (κ3) is 8.45. The Balaban J connectivity index is 1.55. The number of carbonyl (C=O) groups excluding carboxylic acids is 2. The van der Waals surface area contributed by atoms with Crippen LogP contribution >= 0.6 is 11.6 Å².